The molecule has 0 aliphatic rings. The molecule has 0 aliphatic carbocycles. The van der Waals surface area contributed by atoms with Gasteiger partial charge >= 0.3 is 0 Å². The third-order valence-corrected chi connectivity index (χ3v) is 4.32. The van der Waals surface area contributed by atoms with E-state index in [1.165, 1.54) is 16.2 Å². The molecule has 0 aromatic carbocycles. The summed E-state index contributed by atoms with van der Waals surface area (Å²) in [5.41, 5.74) is 0. The summed E-state index contributed by atoms with van der Waals surface area (Å²) in [6.07, 6.45) is 8.57. The van der Waals surface area contributed by atoms with Gasteiger partial charge in [0.05, 0.1) is 0 Å². The van der Waals surface area contributed by atoms with E-state index in [0.717, 1.165) is 11.5 Å². The van der Waals surface area contributed by atoms with Crippen LogP contribution in [0.2, 0.25) is 0 Å². The van der Waals surface area contributed by atoms with Gasteiger partial charge in [-0.25, -0.2) is 0 Å². The smallest absolute Gasteiger partial charge is 0.0278 e. The quantitative estimate of drug-likeness (QED) is 0.594. The summed E-state index contributed by atoms with van der Waals surface area (Å²) in [6.45, 7) is 0. The van der Waals surface area contributed by atoms with Gasteiger partial charge in [-0.2, -0.15) is 0 Å². The van der Waals surface area contributed by atoms with Crippen LogP contribution in [0.5, 0.6) is 0 Å². The van der Waals surface area contributed by atoms with Crippen LogP contribution in [0.1, 0.15) is 6.42 Å². The highest BCUT2D eigenvalue weighted by molar-refractivity contribution is 8.00. The summed E-state index contributed by atoms with van der Waals surface area (Å²) in [5, 5.41) is 0. The van der Waals surface area contributed by atoms with Crippen molar-refractivity contribution in [2.24, 2.45) is 0 Å². The van der Waals surface area contributed by atoms with Crippen LogP contribution in [-0.4, -0.2) is 21.5 Å². The molecule has 0 atom stereocenters. The fraction of sp³-hybridized carbons (Fsp3) is 0.231. The minimum absolute atomic E-state index is 0. The van der Waals surface area contributed by atoms with Crippen molar-refractivity contribution >= 4 is 23.5 Å². The first-order valence-corrected chi connectivity index (χ1v) is 7.48. The zero-order valence-electron chi connectivity index (χ0n) is 10.3. The number of rotatable bonds is 6. The molecular weight excluding hydrogens is 286 g/mol. The lowest BCUT2D eigenvalue weighted by Gasteiger charge is -2.01. The zero-order valence-corrected chi connectivity index (χ0v) is 11.9. The summed E-state index contributed by atoms with van der Waals surface area (Å²) in [6, 6.07) is 8.22. The summed E-state index contributed by atoms with van der Waals surface area (Å²) in [5.74, 6) is 2.31. The summed E-state index contributed by atoms with van der Waals surface area (Å²) in [4.78, 5) is 10.6. The maximum absolute atomic E-state index is 4.01. The van der Waals surface area contributed by atoms with Gasteiger partial charge in [0.2, 0.25) is 0 Å². The van der Waals surface area contributed by atoms with Gasteiger partial charge in [0.15, 0.2) is 0 Å². The highest BCUT2D eigenvalue weighted by Crippen LogP contribution is 2.21. The summed E-state index contributed by atoms with van der Waals surface area (Å²) < 4.78 is 0. The molecule has 0 radical (unpaired) electrons. The van der Waals surface area contributed by atoms with Crippen molar-refractivity contribution < 1.29 is 9.41 Å². The van der Waals surface area contributed by atoms with Gasteiger partial charge in [-0.05, 0) is 42.2 Å². The van der Waals surface area contributed by atoms with Crippen molar-refractivity contribution in [3.63, 3.8) is 0 Å². The second-order valence-electron chi connectivity index (χ2n) is 3.42. The molecule has 6 heteroatoms. The summed E-state index contributed by atoms with van der Waals surface area (Å²) >= 11 is 3.78. The largest absolute Gasteiger partial charge is 0.269 e. The zero-order chi connectivity index (χ0) is 11.8. The van der Waals surface area contributed by atoms with Gasteiger partial charge in [0.1, 0.15) is 0 Å². The molecule has 0 spiro atoms. The van der Waals surface area contributed by atoms with Crippen LogP contribution in [0.15, 0.2) is 58.8 Å². The van der Waals surface area contributed by atoms with E-state index in [2.05, 4.69) is 34.2 Å². The van der Waals surface area contributed by atoms with E-state index in [0.29, 0.717) is 0 Å². The van der Waals surface area contributed by atoms with Gasteiger partial charge in [-0.1, -0.05) is 0 Å². The lowest BCUT2D eigenvalue weighted by molar-refractivity contribution is 1.11. The van der Waals surface area contributed by atoms with Crippen molar-refractivity contribution in [3.8, 4) is 0 Å². The van der Waals surface area contributed by atoms with E-state index in [1.807, 2.05) is 48.3 Å². The number of pyridine rings is 2. The molecule has 2 heterocycles. The topological polar surface area (TPSA) is 25.8 Å². The molecule has 0 fully saturated rings. The average molecular weight is 302 g/mol. The Labute approximate surface area is 120 Å². The van der Waals surface area contributed by atoms with Crippen LogP contribution in [-0.2, 0) is 0 Å². The molecule has 104 valence electrons. The Kier molecular flexibility index (Phi) is 10.1. The van der Waals surface area contributed by atoms with Crippen molar-refractivity contribution in [2.75, 3.05) is 11.5 Å². The highest BCUT2D eigenvalue weighted by Gasteiger charge is 1.95. The Bertz CT molecular complexity index is 388. The fourth-order valence-corrected chi connectivity index (χ4v) is 3.17. The number of hydrogen-bond donors (Lipinski definition) is 0. The van der Waals surface area contributed by atoms with Crippen LogP contribution >= 0.6 is 23.5 Å². The fourth-order valence-electron chi connectivity index (χ4n) is 1.31. The standard InChI is InChI=1S/C13H14N2S2.2FH/c1(10-16-12-2-6-14-7-3-12)11-17-13-4-8-15-9-5-13;;/h2-9H,1,10-11H2;2*1H. The molecular formula is C13H16F2N2S2. The average Bonchev–Trinajstić information content (AvgIpc) is 2.41. The number of hydrogen-bond acceptors (Lipinski definition) is 4. The minimum atomic E-state index is 0. The molecule has 0 amide bonds. The Morgan fingerprint density at radius 3 is 1.42 bits per heavy atom. The van der Waals surface area contributed by atoms with Gasteiger partial charge in [-0.15, -0.1) is 23.5 Å². The molecule has 2 nitrogen and oxygen atoms in total. The maximum atomic E-state index is 4.01. The van der Waals surface area contributed by atoms with E-state index in [9.17, 15) is 0 Å². The Morgan fingerprint density at radius 1 is 0.684 bits per heavy atom. The van der Waals surface area contributed by atoms with Crippen LogP contribution in [0, 0.1) is 0 Å². The van der Waals surface area contributed by atoms with Gasteiger partial charge in [-0.3, -0.25) is 19.4 Å². The van der Waals surface area contributed by atoms with E-state index in [1.54, 1.807) is 0 Å². The van der Waals surface area contributed by atoms with Crippen molar-refractivity contribution in [3.05, 3.63) is 49.1 Å². The number of thioether (sulfide) groups is 2. The molecule has 19 heavy (non-hydrogen) atoms. The van der Waals surface area contributed by atoms with E-state index in [-0.39, 0.29) is 9.41 Å². The molecule has 2 aromatic heterocycles. The second-order valence-corrected chi connectivity index (χ2v) is 5.75. The van der Waals surface area contributed by atoms with Crippen molar-refractivity contribution in [1.82, 2.24) is 9.97 Å². The Balaban J connectivity index is 0.00000162. The van der Waals surface area contributed by atoms with Crippen LogP contribution in [0.4, 0.5) is 9.41 Å². The normalized spacial score (nSPS) is 9.26. The Hall–Kier alpha value is -1.14. The SMILES string of the molecule is F.F.c1cc(SCCCSc2ccncc2)ccn1. The van der Waals surface area contributed by atoms with Gasteiger partial charge in [0, 0.05) is 34.6 Å². The summed E-state index contributed by atoms with van der Waals surface area (Å²) in [7, 11) is 0. The number of aromatic nitrogens is 2. The van der Waals surface area contributed by atoms with Gasteiger partial charge in [0.25, 0.3) is 0 Å². The van der Waals surface area contributed by atoms with Crippen LogP contribution in [0.3, 0.4) is 0 Å². The molecule has 0 aliphatic heterocycles. The molecule has 0 saturated carbocycles. The molecule has 0 N–H and O–H groups in total. The first-order chi connectivity index (χ1) is 8.45. The molecule has 0 saturated heterocycles. The highest BCUT2D eigenvalue weighted by atomic mass is 32.2. The number of halogens is 2. The monoisotopic (exact) mass is 302 g/mol. The predicted molar refractivity (Wildman–Crippen MR) is 79.5 cm³/mol. The van der Waals surface area contributed by atoms with Gasteiger partial charge < -0.3 is 0 Å². The van der Waals surface area contributed by atoms with Crippen LogP contribution < -0.4 is 0 Å². The third-order valence-electron chi connectivity index (χ3n) is 2.13. The lowest BCUT2D eigenvalue weighted by Crippen LogP contribution is -1.84. The number of nitrogens with zero attached hydrogens (tertiary/aromatic N) is 2. The van der Waals surface area contributed by atoms with E-state index < -0.39 is 0 Å². The van der Waals surface area contributed by atoms with Crippen LogP contribution in [0.25, 0.3) is 0 Å². The third kappa shape index (κ3) is 7.12. The Morgan fingerprint density at radius 2 is 1.05 bits per heavy atom. The predicted octanol–water partition coefficient (Wildman–Crippen LogP) is 4.06. The molecule has 2 rings (SSSR count). The molecule has 2 aromatic rings. The maximum Gasteiger partial charge on any atom is 0.0278 e. The first kappa shape index (κ1) is 17.9. The molecule has 0 bridgehead atoms. The lowest BCUT2D eigenvalue weighted by atomic mass is 10.5. The minimum Gasteiger partial charge on any atom is -0.269 e. The van der Waals surface area contributed by atoms with Crippen molar-refractivity contribution in [1.29, 1.82) is 0 Å². The van der Waals surface area contributed by atoms with E-state index in [4.69, 9.17) is 0 Å². The molecule has 0 unspecified atom stereocenters. The van der Waals surface area contributed by atoms with Crippen molar-refractivity contribution in [2.45, 2.75) is 16.2 Å². The van der Waals surface area contributed by atoms with E-state index >= 15 is 0 Å². The second kappa shape index (κ2) is 10.8. The first-order valence-electron chi connectivity index (χ1n) is 5.51.